The predicted octanol–water partition coefficient (Wildman–Crippen LogP) is 5.30. The molecule has 5 heteroatoms. The number of halogens is 3. The SMILES string of the molecule is Cl[Si](Cl)(Cl)[GeH2][C](c1ccccc1)(c1ccccc1)c1ccccc1. The van der Waals surface area contributed by atoms with Crippen LogP contribution in [-0.2, 0) is 4.25 Å². The van der Waals surface area contributed by atoms with Gasteiger partial charge in [0.05, 0.1) is 0 Å². The van der Waals surface area contributed by atoms with Crippen LogP contribution in [-0.4, -0.2) is 19.3 Å². The fourth-order valence-corrected chi connectivity index (χ4v) is 23.0. The van der Waals surface area contributed by atoms with E-state index in [4.69, 9.17) is 33.2 Å². The van der Waals surface area contributed by atoms with Crippen LogP contribution in [0.3, 0.4) is 0 Å². The van der Waals surface area contributed by atoms with Crippen LogP contribution in [0.5, 0.6) is 0 Å². The first-order valence-electron chi connectivity index (χ1n) is 7.76. The molecule has 3 aromatic carbocycles. The van der Waals surface area contributed by atoms with E-state index in [-0.39, 0.29) is 4.25 Å². The molecule has 0 aliphatic heterocycles. The summed E-state index contributed by atoms with van der Waals surface area (Å²) in [4.78, 5) is 0. The molecule has 0 saturated carbocycles. The van der Waals surface area contributed by atoms with Crippen LogP contribution in [0.15, 0.2) is 91.0 Å². The standard InChI is InChI=1S/C19H17Cl3GeSi/c20-24(21,22)23-19(16-10-4-1-5-11-16,17-12-6-2-7-13-17)18-14-8-3-9-15-18/h1-15H,23H2. The van der Waals surface area contributed by atoms with Gasteiger partial charge in [-0.3, -0.25) is 0 Å². The molecule has 24 heavy (non-hydrogen) atoms. The topological polar surface area (TPSA) is 0 Å². The minimum atomic E-state index is -2.74. The molecular weight excluding hydrogens is 435 g/mol. The van der Waals surface area contributed by atoms with E-state index < -0.39 is 19.3 Å². The molecule has 3 aromatic rings. The molecule has 3 rings (SSSR count). The van der Waals surface area contributed by atoms with Crippen LogP contribution in [0.1, 0.15) is 16.7 Å². The summed E-state index contributed by atoms with van der Waals surface area (Å²) in [6, 6.07) is 31.5. The van der Waals surface area contributed by atoms with Crippen molar-refractivity contribution in [3.63, 3.8) is 0 Å². The van der Waals surface area contributed by atoms with E-state index in [1.54, 1.807) is 0 Å². The van der Waals surface area contributed by atoms with Gasteiger partial charge < -0.3 is 0 Å². The second kappa shape index (κ2) is 7.67. The Labute approximate surface area is 163 Å². The van der Waals surface area contributed by atoms with E-state index in [1.807, 2.05) is 18.2 Å². The van der Waals surface area contributed by atoms with Crippen LogP contribution in [0.2, 0.25) is 0 Å². The Hall–Kier alpha value is -0.710. The Bertz CT molecular complexity index is 677. The summed E-state index contributed by atoms with van der Waals surface area (Å²) in [5.41, 5.74) is 3.67. The van der Waals surface area contributed by atoms with E-state index >= 15 is 0 Å². The maximum absolute atomic E-state index is 6.52. The zero-order valence-corrected chi connectivity index (χ0v) is 19.2. The van der Waals surface area contributed by atoms with Crippen molar-refractivity contribution in [2.75, 3.05) is 0 Å². The van der Waals surface area contributed by atoms with Crippen LogP contribution in [0, 0.1) is 0 Å². The third-order valence-electron chi connectivity index (χ3n) is 4.27. The number of hydrogen-bond acceptors (Lipinski definition) is 0. The first kappa shape index (κ1) is 18.1. The summed E-state index contributed by atoms with van der Waals surface area (Å²) >= 11 is 17.9. The van der Waals surface area contributed by atoms with Crippen molar-refractivity contribution in [3.05, 3.63) is 108 Å². The second-order valence-electron chi connectivity index (χ2n) is 5.80. The van der Waals surface area contributed by atoms with Crippen molar-refractivity contribution in [1.82, 2.24) is 0 Å². The number of benzene rings is 3. The summed E-state index contributed by atoms with van der Waals surface area (Å²) in [6.07, 6.45) is 0. The number of hydrogen-bond donors (Lipinski definition) is 0. The molecule has 0 fully saturated rings. The van der Waals surface area contributed by atoms with Gasteiger partial charge in [0.15, 0.2) is 0 Å². The van der Waals surface area contributed by atoms with Crippen molar-refractivity contribution in [2.45, 2.75) is 4.25 Å². The molecule has 0 amide bonds. The molecule has 0 atom stereocenters. The fourth-order valence-electron chi connectivity index (χ4n) is 3.27. The maximum atomic E-state index is 6.52. The Balaban J connectivity index is 2.33. The van der Waals surface area contributed by atoms with Gasteiger partial charge >= 0.3 is 164 Å². The zero-order chi connectivity index (χ0) is 17.0. The van der Waals surface area contributed by atoms with Crippen LogP contribution >= 0.6 is 33.2 Å². The first-order valence-corrected chi connectivity index (χ1v) is 18.9. The molecule has 0 bridgehead atoms. The van der Waals surface area contributed by atoms with Crippen molar-refractivity contribution in [1.29, 1.82) is 0 Å². The first-order chi connectivity index (χ1) is 11.5. The van der Waals surface area contributed by atoms with Gasteiger partial charge in [-0.05, 0) is 0 Å². The van der Waals surface area contributed by atoms with Crippen molar-refractivity contribution in [3.8, 4) is 0 Å². The van der Waals surface area contributed by atoms with E-state index in [0.717, 1.165) is 0 Å². The van der Waals surface area contributed by atoms with Gasteiger partial charge in [0.2, 0.25) is 0 Å². The average molecular weight is 452 g/mol. The van der Waals surface area contributed by atoms with Gasteiger partial charge in [0.1, 0.15) is 0 Å². The van der Waals surface area contributed by atoms with Crippen molar-refractivity contribution in [2.24, 2.45) is 0 Å². The normalized spacial score (nSPS) is 12.6. The Kier molecular flexibility index (Phi) is 5.78. The summed E-state index contributed by atoms with van der Waals surface area (Å²) in [5, 5.41) is 0. The van der Waals surface area contributed by atoms with E-state index in [2.05, 4.69) is 72.8 Å². The van der Waals surface area contributed by atoms with Gasteiger partial charge in [0.25, 0.3) is 0 Å². The molecule has 0 aliphatic rings. The fraction of sp³-hybridized carbons (Fsp3) is 0.0526. The minimum absolute atomic E-state index is 0.283. The molecule has 122 valence electrons. The molecule has 0 N–H and O–H groups in total. The molecular formula is C19H17Cl3GeSi. The Morgan fingerprint density at radius 2 is 0.833 bits per heavy atom. The summed E-state index contributed by atoms with van der Waals surface area (Å²) in [7, 11) is 0. The molecule has 0 aromatic heterocycles. The average Bonchev–Trinajstić information content (AvgIpc) is 2.61. The van der Waals surface area contributed by atoms with Crippen molar-refractivity contribution >= 4 is 52.5 Å². The zero-order valence-electron chi connectivity index (χ0n) is 13.0. The van der Waals surface area contributed by atoms with Crippen molar-refractivity contribution < 1.29 is 0 Å². The molecule has 0 radical (unpaired) electrons. The molecule has 0 saturated heterocycles. The summed E-state index contributed by atoms with van der Waals surface area (Å²) < 4.78 is -3.02. The second-order valence-corrected chi connectivity index (χ2v) is 34.5. The summed E-state index contributed by atoms with van der Waals surface area (Å²) in [5.74, 6) is 0. The van der Waals surface area contributed by atoms with Crippen LogP contribution in [0.4, 0.5) is 0 Å². The van der Waals surface area contributed by atoms with Gasteiger partial charge in [-0.1, -0.05) is 0 Å². The molecule has 0 aliphatic carbocycles. The van der Waals surface area contributed by atoms with E-state index in [9.17, 15) is 0 Å². The van der Waals surface area contributed by atoms with Gasteiger partial charge in [-0.25, -0.2) is 0 Å². The predicted molar refractivity (Wildman–Crippen MR) is 111 cm³/mol. The van der Waals surface area contributed by atoms with Gasteiger partial charge in [-0.2, -0.15) is 0 Å². The monoisotopic (exact) mass is 452 g/mol. The van der Waals surface area contributed by atoms with E-state index in [0.29, 0.717) is 0 Å². The summed E-state index contributed by atoms with van der Waals surface area (Å²) in [6.45, 7) is 0. The Morgan fingerprint density at radius 3 is 1.08 bits per heavy atom. The quantitative estimate of drug-likeness (QED) is 0.280. The van der Waals surface area contributed by atoms with Gasteiger partial charge in [-0.15, -0.1) is 0 Å². The van der Waals surface area contributed by atoms with Crippen LogP contribution < -0.4 is 0 Å². The van der Waals surface area contributed by atoms with Gasteiger partial charge in [0, 0.05) is 0 Å². The van der Waals surface area contributed by atoms with E-state index in [1.165, 1.54) is 16.7 Å². The third kappa shape index (κ3) is 3.92. The van der Waals surface area contributed by atoms with Crippen LogP contribution in [0.25, 0.3) is 0 Å². The molecule has 0 spiro atoms. The molecule has 0 heterocycles. The Morgan fingerprint density at radius 1 is 0.542 bits per heavy atom. The third-order valence-corrected chi connectivity index (χ3v) is 19.9. The molecule has 0 nitrogen and oxygen atoms in total. The number of rotatable bonds is 5. The molecule has 0 unspecified atom stereocenters.